The molecule has 0 aliphatic carbocycles. The number of aromatic amines is 1. The number of nitrogens with one attached hydrogen (secondary N) is 2. The van der Waals surface area contributed by atoms with Crippen molar-refractivity contribution in [3.63, 3.8) is 0 Å². The summed E-state index contributed by atoms with van der Waals surface area (Å²) in [5.41, 5.74) is 10.1. The summed E-state index contributed by atoms with van der Waals surface area (Å²) < 4.78 is 10.5. The molecular weight excluding hydrogens is 246 g/mol. The summed E-state index contributed by atoms with van der Waals surface area (Å²) in [6, 6.07) is 5.17. The Bertz CT molecular complexity index is 555. The Morgan fingerprint density at radius 3 is 2.58 bits per heavy atom. The second-order valence-electron chi connectivity index (χ2n) is 3.95. The van der Waals surface area contributed by atoms with Crippen molar-refractivity contribution in [2.45, 2.75) is 6.04 Å². The van der Waals surface area contributed by atoms with Gasteiger partial charge in [-0.15, -0.1) is 0 Å². The molecule has 0 aliphatic rings. The fraction of sp³-hybridized carbons (Fsp3) is 0.250. The van der Waals surface area contributed by atoms with Crippen LogP contribution in [0.5, 0.6) is 11.5 Å². The van der Waals surface area contributed by atoms with Crippen molar-refractivity contribution in [3.05, 3.63) is 35.5 Å². The number of nitrogens with zero attached hydrogens (tertiary/aromatic N) is 1. The molecule has 19 heavy (non-hydrogen) atoms. The average molecular weight is 263 g/mol. The Kier molecular flexibility index (Phi) is 3.88. The average Bonchev–Trinajstić information content (AvgIpc) is 2.86. The third-order valence-electron chi connectivity index (χ3n) is 2.93. The number of benzene rings is 1. The van der Waals surface area contributed by atoms with Crippen LogP contribution in [-0.4, -0.2) is 24.4 Å². The lowest BCUT2D eigenvalue weighted by molar-refractivity contribution is 0.387. The molecule has 1 atom stereocenters. The molecule has 0 saturated heterocycles. The highest BCUT2D eigenvalue weighted by Gasteiger charge is 2.21. The van der Waals surface area contributed by atoms with Gasteiger partial charge in [0.15, 0.2) is 0 Å². The molecule has 0 radical (unpaired) electrons. The highest BCUT2D eigenvalue weighted by Crippen LogP contribution is 2.33. The topological polar surface area (TPSA) is 111 Å². The van der Waals surface area contributed by atoms with Crippen molar-refractivity contribution in [2.24, 2.45) is 5.84 Å². The number of rotatable bonds is 5. The van der Waals surface area contributed by atoms with Crippen LogP contribution in [0, 0.1) is 0 Å². The first-order chi connectivity index (χ1) is 9.21. The van der Waals surface area contributed by atoms with Gasteiger partial charge in [0.25, 0.3) is 0 Å². The zero-order valence-corrected chi connectivity index (χ0v) is 10.8. The number of anilines is 1. The van der Waals surface area contributed by atoms with Gasteiger partial charge in [-0.1, -0.05) is 0 Å². The third-order valence-corrected chi connectivity index (χ3v) is 2.93. The summed E-state index contributed by atoms with van der Waals surface area (Å²) in [7, 11) is 3.19. The number of H-pyrrole nitrogens is 1. The number of aromatic nitrogens is 2. The summed E-state index contributed by atoms with van der Waals surface area (Å²) in [6.45, 7) is 0. The van der Waals surface area contributed by atoms with Crippen LogP contribution < -0.4 is 26.5 Å². The maximum Gasteiger partial charge on any atom is 0.127 e. The molecule has 1 heterocycles. The third kappa shape index (κ3) is 2.47. The van der Waals surface area contributed by atoms with Crippen LogP contribution in [-0.2, 0) is 0 Å². The molecule has 0 aliphatic heterocycles. The normalized spacial score (nSPS) is 12.2. The van der Waals surface area contributed by atoms with Crippen molar-refractivity contribution in [1.82, 2.24) is 15.6 Å². The summed E-state index contributed by atoms with van der Waals surface area (Å²) >= 11 is 0. The lowest BCUT2D eigenvalue weighted by atomic mass is 10.00. The Hall–Kier alpha value is -2.25. The molecule has 1 aromatic heterocycles. The molecule has 0 amide bonds. The van der Waals surface area contributed by atoms with Gasteiger partial charge in [0.2, 0.25) is 0 Å². The highest BCUT2D eigenvalue weighted by molar-refractivity contribution is 5.50. The molecule has 0 spiro atoms. The maximum absolute atomic E-state index is 5.82. The van der Waals surface area contributed by atoms with Gasteiger partial charge in [-0.05, 0) is 12.1 Å². The van der Waals surface area contributed by atoms with Crippen molar-refractivity contribution in [1.29, 1.82) is 0 Å². The number of hydrazine groups is 1. The maximum atomic E-state index is 5.82. The summed E-state index contributed by atoms with van der Waals surface area (Å²) in [6.07, 6.45) is 1.63. The van der Waals surface area contributed by atoms with Gasteiger partial charge in [0, 0.05) is 17.2 Å². The van der Waals surface area contributed by atoms with E-state index in [1.54, 1.807) is 26.5 Å². The van der Waals surface area contributed by atoms with Crippen molar-refractivity contribution in [3.8, 4) is 11.5 Å². The second-order valence-corrected chi connectivity index (χ2v) is 3.95. The molecule has 2 rings (SSSR count). The number of nitrogens with two attached hydrogens (primary N) is 2. The van der Waals surface area contributed by atoms with E-state index in [1.165, 1.54) is 0 Å². The first kappa shape index (κ1) is 13.2. The summed E-state index contributed by atoms with van der Waals surface area (Å²) in [5, 5.41) is 6.57. The fourth-order valence-electron chi connectivity index (χ4n) is 1.94. The lowest BCUT2D eigenvalue weighted by Crippen LogP contribution is -2.29. The Labute approximate surface area is 110 Å². The number of ether oxygens (including phenoxy) is 2. The SMILES string of the molecule is COc1ccc(C(NN)c2cn[nH]c2N)c(OC)c1. The summed E-state index contributed by atoms with van der Waals surface area (Å²) in [5.74, 6) is 7.44. The number of nitrogen functional groups attached to an aromatic ring is 1. The van der Waals surface area contributed by atoms with Crippen LogP contribution in [0.2, 0.25) is 0 Å². The fourth-order valence-corrected chi connectivity index (χ4v) is 1.94. The van der Waals surface area contributed by atoms with Crippen molar-refractivity contribution >= 4 is 5.82 Å². The molecule has 7 heteroatoms. The molecule has 102 valence electrons. The zero-order valence-electron chi connectivity index (χ0n) is 10.8. The zero-order chi connectivity index (χ0) is 13.8. The number of hydrogen-bond donors (Lipinski definition) is 4. The first-order valence-electron chi connectivity index (χ1n) is 5.68. The standard InChI is InChI=1S/C12H17N5O2/c1-18-7-3-4-8(10(5-7)19-2)11(16-14)9-6-15-17-12(9)13/h3-6,11,16H,14H2,1-2H3,(H3,13,15,17). The number of methoxy groups -OCH3 is 2. The van der Waals surface area contributed by atoms with E-state index in [-0.39, 0.29) is 6.04 Å². The van der Waals surface area contributed by atoms with Crippen molar-refractivity contribution < 1.29 is 9.47 Å². The van der Waals surface area contributed by atoms with Gasteiger partial charge in [-0.2, -0.15) is 5.10 Å². The van der Waals surface area contributed by atoms with Crippen molar-refractivity contribution in [2.75, 3.05) is 20.0 Å². The molecule has 7 nitrogen and oxygen atoms in total. The van der Waals surface area contributed by atoms with Gasteiger partial charge < -0.3 is 15.2 Å². The second kappa shape index (κ2) is 5.59. The van der Waals surface area contributed by atoms with Crippen LogP contribution in [0.15, 0.2) is 24.4 Å². The van der Waals surface area contributed by atoms with E-state index in [2.05, 4.69) is 15.6 Å². The molecule has 0 saturated carbocycles. The molecular formula is C12H17N5O2. The smallest absolute Gasteiger partial charge is 0.127 e. The van der Waals surface area contributed by atoms with E-state index in [9.17, 15) is 0 Å². The first-order valence-corrected chi connectivity index (χ1v) is 5.68. The van der Waals surface area contributed by atoms with Crippen LogP contribution in [0.4, 0.5) is 5.82 Å². The predicted molar refractivity (Wildman–Crippen MR) is 71.7 cm³/mol. The van der Waals surface area contributed by atoms with Gasteiger partial charge in [-0.25, -0.2) is 5.43 Å². The molecule has 0 bridgehead atoms. The number of hydrogen-bond acceptors (Lipinski definition) is 6. The van der Waals surface area contributed by atoms with E-state index in [0.29, 0.717) is 17.3 Å². The minimum Gasteiger partial charge on any atom is -0.497 e. The van der Waals surface area contributed by atoms with E-state index >= 15 is 0 Å². The lowest BCUT2D eigenvalue weighted by Gasteiger charge is -2.19. The van der Waals surface area contributed by atoms with Gasteiger partial charge in [0.1, 0.15) is 17.3 Å². The van der Waals surface area contributed by atoms with E-state index in [1.807, 2.05) is 12.1 Å². The van der Waals surface area contributed by atoms with E-state index in [0.717, 1.165) is 11.1 Å². The molecule has 2 aromatic rings. The predicted octanol–water partition coefficient (Wildman–Crippen LogP) is 0.562. The van der Waals surface area contributed by atoms with E-state index < -0.39 is 0 Å². The summed E-state index contributed by atoms with van der Waals surface area (Å²) in [4.78, 5) is 0. The van der Waals surface area contributed by atoms with Crippen LogP contribution in [0.3, 0.4) is 0 Å². The molecule has 1 unspecified atom stereocenters. The largest absolute Gasteiger partial charge is 0.497 e. The Morgan fingerprint density at radius 1 is 1.26 bits per heavy atom. The van der Waals surface area contributed by atoms with Gasteiger partial charge in [-0.3, -0.25) is 10.9 Å². The van der Waals surface area contributed by atoms with Gasteiger partial charge in [0.05, 0.1) is 26.5 Å². The van der Waals surface area contributed by atoms with E-state index in [4.69, 9.17) is 21.1 Å². The Morgan fingerprint density at radius 2 is 2.05 bits per heavy atom. The highest BCUT2D eigenvalue weighted by atomic mass is 16.5. The monoisotopic (exact) mass is 263 g/mol. The molecule has 1 aromatic carbocycles. The van der Waals surface area contributed by atoms with Crippen LogP contribution >= 0.6 is 0 Å². The van der Waals surface area contributed by atoms with Gasteiger partial charge >= 0.3 is 0 Å². The quantitative estimate of drug-likeness (QED) is 0.463. The van der Waals surface area contributed by atoms with Crippen LogP contribution in [0.1, 0.15) is 17.2 Å². The minimum absolute atomic E-state index is 0.320. The van der Waals surface area contributed by atoms with Crippen LogP contribution in [0.25, 0.3) is 0 Å². The molecule has 0 fully saturated rings. The minimum atomic E-state index is -0.320. The Balaban J connectivity index is 2.46. The molecule has 6 N–H and O–H groups in total.